The minimum absolute atomic E-state index is 0.123. The van der Waals surface area contributed by atoms with Crippen LogP contribution in [-0.4, -0.2) is 52.5 Å². The molecular formula is C11H14N4O3. The van der Waals surface area contributed by atoms with Crippen molar-refractivity contribution in [2.75, 3.05) is 19.6 Å². The Balaban J connectivity index is 2.27. The molecule has 1 aromatic rings. The first kappa shape index (κ1) is 12.3. The fraction of sp³-hybridized carbons (Fsp3) is 0.364. The molecule has 0 aliphatic carbocycles. The van der Waals surface area contributed by atoms with Gasteiger partial charge >= 0.3 is 0 Å². The Hall–Kier alpha value is -2.15. The molecule has 0 saturated carbocycles. The molecule has 1 aromatic heterocycles. The highest BCUT2D eigenvalue weighted by molar-refractivity contribution is 5.99. The number of aromatic hydroxyl groups is 1. The third-order valence-electron chi connectivity index (χ3n) is 2.86. The first-order valence-corrected chi connectivity index (χ1v) is 5.55. The minimum Gasteiger partial charge on any atom is -0.505 e. The molecular weight excluding hydrogens is 236 g/mol. The number of hydrogen-bond donors (Lipinski definition) is 3. The van der Waals surface area contributed by atoms with Gasteiger partial charge in [0.05, 0.1) is 11.8 Å². The van der Waals surface area contributed by atoms with Crippen LogP contribution in [0.15, 0.2) is 18.5 Å². The highest BCUT2D eigenvalue weighted by atomic mass is 16.3. The zero-order chi connectivity index (χ0) is 13.1. The van der Waals surface area contributed by atoms with Crippen molar-refractivity contribution in [1.82, 2.24) is 15.2 Å². The van der Waals surface area contributed by atoms with Crippen molar-refractivity contribution in [2.24, 2.45) is 5.73 Å². The summed E-state index contributed by atoms with van der Waals surface area (Å²) >= 11 is 0. The van der Waals surface area contributed by atoms with Crippen LogP contribution in [0.5, 0.6) is 5.75 Å². The Kier molecular flexibility index (Phi) is 3.42. The summed E-state index contributed by atoms with van der Waals surface area (Å²) in [5.41, 5.74) is 5.39. The number of piperazine rings is 1. The van der Waals surface area contributed by atoms with E-state index in [9.17, 15) is 14.7 Å². The van der Waals surface area contributed by atoms with Crippen LogP contribution in [0.4, 0.5) is 0 Å². The van der Waals surface area contributed by atoms with E-state index >= 15 is 0 Å². The van der Waals surface area contributed by atoms with Crippen molar-refractivity contribution in [2.45, 2.75) is 6.04 Å². The monoisotopic (exact) mass is 250 g/mol. The van der Waals surface area contributed by atoms with Crippen LogP contribution in [0.2, 0.25) is 0 Å². The number of nitrogens with zero attached hydrogens (tertiary/aromatic N) is 2. The van der Waals surface area contributed by atoms with Gasteiger partial charge in [-0.1, -0.05) is 0 Å². The second kappa shape index (κ2) is 5.01. The molecule has 0 aromatic carbocycles. The predicted molar refractivity (Wildman–Crippen MR) is 62.8 cm³/mol. The highest BCUT2D eigenvalue weighted by Gasteiger charge is 2.32. The van der Waals surface area contributed by atoms with E-state index in [0.29, 0.717) is 19.6 Å². The van der Waals surface area contributed by atoms with Crippen molar-refractivity contribution in [3.63, 3.8) is 0 Å². The van der Waals surface area contributed by atoms with Crippen molar-refractivity contribution in [3.8, 4) is 5.75 Å². The van der Waals surface area contributed by atoms with E-state index in [4.69, 9.17) is 5.73 Å². The van der Waals surface area contributed by atoms with Crippen LogP contribution in [0, 0.1) is 0 Å². The number of amides is 2. The normalized spacial score (nSPS) is 19.6. The van der Waals surface area contributed by atoms with Gasteiger partial charge < -0.3 is 21.1 Å². The van der Waals surface area contributed by atoms with Crippen LogP contribution in [-0.2, 0) is 4.79 Å². The predicted octanol–water partition coefficient (Wildman–Crippen LogP) is -1.31. The van der Waals surface area contributed by atoms with Crippen molar-refractivity contribution < 1.29 is 14.7 Å². The number of pyridine rings is 1. The number of primary amides is 1. The number of carbonyl (C=O) groups is 2. The third-order valence-corrected chi connectivity index (χ3v) is 2.86. The van der Waals surface area contributed by atoms with Gasteiger partial charge in [-0.2, -0.15) is 0 Å². The Morgan fingerprint density at radius 1 is 1.56 bits per heavy atom. The lowest BCUT2D eigenvalue weighted by atomic mass is 10.1. The fourth-order valence-corrected chi connectivity index (χ4v) is 1.92. The summed E-state index contributed by atoms with van der Waals surface area (Å²) in [5.74, 6) is -1.19. The Labute approximate surface area is 104 Å². The van der Waals surface area contributed by atoms with Gasteiger partial charge in [0.25, 0.3) is 5.91 Å². The molecule has 0 bridgehead atoms. The van der Waals surface area contributed by atoms with Crippen LogP contribution in [0.25, 0.3) is 0 Å². The molecule has 1 aliphatic heterocycles. The van der Waals surface area contributed by atoms with Gasteiger partial charge in [0.2, 0.25) is 5.91 Å². The average molecular weight is 250 g/mol. The summed E-state index contributed by atoms with van der Waals surface area (Å²) in [6, 6.07) is 0.719. The largest absolute Gasteiger partial charge is 0.505 e. The van der Waals surface area contributed by atoms with Crippen LogP contribution in [0.1, 0.15) is 10.4 Å². The standard InChI is InChI=1S/C11H14N4O3/c12-10(17)8-5-14-3-4-15(8)11(18)7-1-2-13-6-9(7)16/h1-2,6,8,14,16H,3-5H2,(H2,12,17). The molecule has 2 rings (SSSR count). The van der Waals surface area contributed by atoms with Gasteiger partial charge in [-0.3, -0.25) is 14.6 Å². The molecule has 18 heavy (non-hydrogen) atoms. The fourth-order valence-electron chi connectivity index (χ4n) is 1.92. The first-order valence-electron chi connectivity index (χ1n) is 5.55. The van der Waals surface area contributed by atoms with Crippen LogP contribution < -0.4 is 11.1 Å². The summed E-state index contributed by atoms with van der Waals surface area (Å²) in [6.45, 7) is 1.28. The Bertz CT molecular complexity index is 477. The van der Waals surface area contributed by atoms with Crippen molar-refractivity contribution in [3.05, 3.63) is 24.0 Å². The van der Waals surface area contributed by atoms with Crippen LogP contribution in [0.3, 0.4) is 0 Å². The lowest BCUT2D eigenvalue weighted by Gasteiger charge is -2.34. The van der Waals surface area contributed by atoms with Crippen molar-refractivity contribution >= 4 is 11.8 Å². The number of hydrogen-bond acceptors (Lipinski definition) is 5. The summed E-state index contributed by atoms with van der Waals surface area (Å²) in [7, 11) is 0. The highest BCUT2D eigenvalue weighted by Crippen LogP contribution is 2.18. The maximum Gasteiger partial charge on any atom is 0.258 e. The number of rotatable bonds is 2. The van der Waals surface area contributed by atoms with E-state index in [2.05, 4.69) is 10.3 Å². The van der Waals surface area contributed by atoms with Gasteiger partial charge in [-0.15, -0.1) is 0 Å². The maximum absolute atomic E-state index is 12.2. The lowest BCUT2D eigenvalue weighted by molar-refractivity contribution is -0.122. The minimum atomic E-state index is -0.696. The van der Waals surface area contributed by atoms with E-state index < -0.39 is 17.9 Å². The summed E-state index contributed by atoms with van der Waals surface area (Å²) in [4.78, 5) is 28.6. The smallest absolute Gasteiger partial charge is 0.258 e. The van der Waals surface area contributed by atoms with Crippen molar-refractivity contribution in [1.29, 1.82) is 0 Å². The third kappa shape index (κ3) is 2.25. The summed E-state index contributed by atoms with van der Waals surface area (Å²) < 4.78 is 0. The van der Waals surface area contributed by atoms with Gasteiger partial charge in [-0.05, 0) is 6.07 Å². The average Bonchev–Trinajstić information content (AvgIpc) is 2.38. The molecule has 2 amide bonds. The van der Waals surface area contributed by atoms with Gasteiger partial charge in [-0.25, -0.2) is 0 Å². The van der Waals surface area contributed by atoms with E-state index in [1.165, 1.54) is 23.4 Å². The topological polar surface area (TPSA) is 109 Å². The molecule has 4 N–H and O–H groups in total. The number of nitrogens with two attached hydrogens (primary N) is 1. The molecule has 96 valence electrons. The second-order valence-electron chi connectivity index (χ2n) is 4.01. The quantitative estimate of drug-likeness (QED) is 0.603. The van der Waals surface area contributed by atoms with Gasteiger partial charge in [0.1, 0.15) is 11.8 Å². The molecule has 7 heteroatoms. The van der Waals surface area contributed by atoms with E-state index in [0.717, 1.165) is 0 Å². The molecule has 0 radical (unpaired) electrons. The van der Waals surface area contributed by atoms with E-state index in [-0.39, 0.29) is 11.3 Å². The molecule has 1 fully saturated rings. The molecule has 1 atom stereocenters. The molecule has 7 nitrogen and oxygen atoms in total. The zero-order valence-corrected chi connectivity index (χ0v) is 9.67. The molecule has 1 saturated heterocycles. The van der Waals surface area contributed by atoms with E-state index in [1.54, 1.807) is 0 Å². The molecule has 0 spiro atoms. The molecule has 1 unspecified atom stereocenters. The maximum atomic E-state index is 12.2. The zero-order valence-electron chi connectivity index (χ0n) is 9.67. The summed E-state index contributed by atoms with van der Waals surface area (Å²) in [6.07, 6.45) is 2.60. The second-order valence-corrected chi connectivity index (χ2v) is 4.01. The Morgan fingerprint density at radius 3 is 3.00 bits per heavy atom. The van der Waals surface area contributed by atoms with Gasteiger partial charge in [0.15, 0.2) is 0 Å². The number of carbonyl (C=O) groups excluding carboxylic acids is 2. The molecule has 1 aliphatic rings. The van der Waals surface area contributed by atoms with E-state index in [1.807, 2.05) is 0 Å². The summed E-state index contributed by atoms with van der Waals surface area (Å²) in [5, 5.41) is 12.6. The number of nitrogens with one attached hydrogen (secondary N) is 1. The van der Waals surface area contributed by atoms with Gasteiger partial charge in [0, 0.05) is 25.8 Å². The Morgan fingerprint density at radius 2 is 2.33 bits per heavy atom. The first-order chi connectivity index (χ1) is 8.61. The molecule has 2 heterocycles. The SMILES string of the molecule is NC(=O)C1CNCCN1C(=O)c1ccncc1O. The van der Waals surface area contributed by atoms with Crippen LogP contribution >= 0.6 is 0 Å². The number of aromatic nitrogens is 1. The lowest BCUT2D eigenvalue weighted by Crippen LogP contribution is -2.58.